The van der Waals surface area contributed by atoms with Crippen LogP contribution in [0.1, 0.15) is 30.7 Å². The summed E-state index contributed by atoms with van der Waals surface area (Å²) in [7, 11) is 0. The Kier molecular flexibility index (Phi) is 3.56. The summed E-state index contributed by atoms with van der Waals surface area (Å²) in [5, 5.41) is 0. The van der Waals surface area contributed by atoms with Gasteiger partial charge in [0.15, 0.2) is 5.82 Å². The van der Waals surface area contributed by atoms with E-state index < -0.39 is 0 Å². The summed E-state index contributed by atoms with van der Waals surface area (Å²) in [6.45, 7) is 4.69. The number of nitrogens with zero attached hydrogens (tertiary/aromatic N) is 4. The maximum atomic E-state index is 5.82. The molecule has 2 N–H and O–H groups in total. The minimum Gasteiger partial charge on any atom is -0.384 e. The summed E-state index contributed by atoms with van der Waals surface area (Å²) >= 11 is 0. The average Bonchev–Trinajstić information content (AvgIpc) is 2.76. The maximum absolute atomic E-state index is 5.82. The zero-order chi connectivity index (χ0) is 14.8. The molecule has 0 radical (unpaired) electrons. The molecule has 0 bridgehead atoms. The molecule has 0 spiro atoms. The minimum absolute atomic E-state index is 0.513. The summed E-state index contributed by atoms with van der Waals surface area (Å²) in [6.07, 6.45) is 2.00. The Morgan fingerprint density at radius 2 is 1.95 bits per heavy atom. The van der Waals surface area contributed by atoms with Crippen LogP contribution in [-0.2, 0) is 13.0 Å². The van der Waals surface area contributed by atoms with Crippen LogP contribution in [0, 0.1) is 6.92 Å². The van der Waals surface area contributed by atoms with Gasteiger partial charge >= 0.3 is 0 Å². The van der Waals surface area contributed by atoms with Crippen LogP contribution in [0.3, 0.4) is 0 Å². The van der Waals surface area contributed by atoms with E-state index in [0.29, 0.717) is 12.4 Å². The molecule has 2 aromatic heterocycles. The second kappa shape index (κ2) is 5.52. The highest BCUT2D eigenvalue weighted by Gasteiger charge is 2.11. The van der Waals surface area contributed by atoms with E-state index >= 15 is 0 Å². The van der Waals surface area contributed by atoms with E-state index in [1.807, 2.05) is 25.1 Å². The van der Waals surface area contributed by atoms with Gasteiger partial charge in [0.05, 0.1) is 17.6 Å². The summed E-state index contributed by atoms with van der Waals surface area (Å²) in [4.78, 5) is 13.5. The second-order valence-electron chi connectivity index (χ2n) is 5.20. The van der Waals surface area contributed by atoms with Crippen LogP contribution in [0.25, 0.3) is 11.0 Å². The van der Waals surface area contributed by atoms with E-state index in [2.05, 4.69) is 27.5 Å². The number of aromatic nitrogens is 4. The molecule has 5 nitrogen and oxygen atoms in total. The standard InChI is InChI=1S/C16H19N5/c1-3-6-16-19-12-7-4-5-8-13(12)21(16)10-15-18-11(2)9-14(17)20-15/h4-5,7-9H,3,6,10H2,1-2H3,(H2,17,18,20). The number of benzene rings is 1. The van der Waals surface area contributed by atoms with Crippen molar-refractivity contribution in [3.05, 3.63) is 47.7 Å². The summed E-state index contributed by atoms with van der Waals surface area (Å²) < 4.78 is 2.19. The molecule has 0 aliphatic rings. The lowest BCUT2D eigenvalue weighted by atomic mass is 10.3. The van der Waals surface area contributed by atoms with Crippen LogP contribution in [0.2, 0.25) is 0 Å². The summed E-state index contributed by atoms with van der Waals surface area (Å²) in [5.41, 5.74) is 8.84. The van der Waals surface area contributed by atoms with Crippen molar-refractivity contribution in [1.82, 2.24) is 19.5 Å². The van der Waals surface area contributed by atoms with Crippen molar-refractivity contribution >= 4 is 16.9 Å². The van der Waals surface area contributed by atoms with Crippen LogP contribution >= 0.6 is 0 Å². The molecule has 2 heterocycles. The van der Waals surface area contributed by atoms with E-state index in [1.54, 1.807) is 6.07 Å². The molecule has 3 aromatic rings. The normalized spacial score (nSPS) is 11.1. The molecule has 0 unspecified atom stereocenters. The Bertz CT molecular complexity index is 755. The molecular formula is C16H19N5. The van der Waals surface area contributed by atoms with Crippen molar-refractivity contribution in [3.8, 4) is 0 Å². The van der Waals surface area contributed by atoms with Gasteiger partial charge in [0.1, 0.15) is 11.6 Å². The summed E-state index contributed by atoms with van der Waals surface area (Å²) in [5.74, 6) is 2.31. The molecule has 0 fully saturated rings. The number of rotatable bonds is 4. The first-order valence-corrected chi connectivity index (χ1v) is 7.21. The zero-order valence-corrected chi connectivity index (χ0v) is 12.4. The number of fused-ring (bicyclic) bond motifs is 1. The lowest BCUT2D eigenvalue weighted by molar-refractivity contribution is 0.692. The minimum atomic E-state index is 0.513. The van der Waals surface area contributed by atoms with E-state index in [-0.39, 0.29) is 0 Å². The van der Waals surface area contributed by atoms with Gasteiger partial charge in [-0.15, -0.1) is 0 Å². The fourth-order valence-electron chi connectivity index (χ4n) is 2.58. The molecule has 0 atom stereocenters. The maximum Gasteiger partial charge on any atom is 0.150 e. The Hall–Kier alpha value is -2.43. The van der Waals surface area contributed by atoms with Crippen LogP contribution < -0.4 is 5.73 Å². The first-order valence-electron chi connectivity index (χ1n) is 7.21. The zero-order valence-electron chi connectivity index (χ0n) is 12.4. The van der Waals surface area contributed by atoms with Gasteiger partial charge in [-0.05, 0) is 25.5 Å². The number of imidazole rings is 1. The van der Waals surface area contributed by atoms with Gasteiger partial charge in [-0.25, -0.2) is 15.0 Å². The van der Waals surface area contributed by atoms with Gasteiger partial charge in [0, 0.05) is 18.2 Å². The van der Waals surface area contributed by atoms with Crippen LogP contribution in [-0.4, -0.2) is 19.5 Å². The lowest BCUT2D eigenvalue weighted by Gasteiger charge is -2.09. The molecule has 21 heavy (non-hydrogen) atoms. The highest BCUT2D eigenvalue weighted by Crippen LogP contribution is 2.18. The highest BCUT2D eigenvalue weighted by atomic mass is 15.1. The predicted molar refractivity (Wildman–Crippen MR) is 84.0 cm³/mol. The topological polar surface area (TPSA) is 69.6 Å². The third kappa shape index (κ3) is 2.72. The van der Waals surface area contributed by atoms with Gasteiger partial charge < -0.3 is 10.3 Å². The molecule has 5 heteroatoms. The molecule has 0 amide bonds. The number of hydrogen-bond acceptors (Lipinski definition) is 4. The van der Waals surface area contributed by atoms with Crippen molar-refractivity contribution < 1.29 is 0 Å². The molecule has 108 valence electrons. The van der Waals surface area contributed by atoms with Gasteiger partial charge in [0.25, 0.3) is 0 Å². The number of nitrogen functional groups attached to an aromatic ring is 1. The number of nitrogens with two attached hydrogens (primary N) is 1. The third-order valence-electron chi connectivity index (χ3n) is 3.43. The fraction of sp³-hybridized carbons (Fsp3) is 0.312. The highest BCUT2D eigenvalue weighted by molar-refractivity contribution is 5.76. The predicted octanol–water partition coefficient (Wildman–Crippen LogP) is 2.72. The number of anilines is 1. The number of aryl methyl sites for hydroxylation is 2. The molecule has 0 aliphatic carbocycles. The van der Waals surface area contributed by atoms with Crippen molar-refractivity contribution in [2.75, 3.05) is 5.73 Å². The number of para-hydroxylation sites is 2. The summed E-state index contributed by atoms with van der Waals surface area (Å²) in [6, 6.07) is 9.94. The molecule has 1 aromatic carbocycles. The van der Waals surface area contributed by atoms with Crippen molar-refractivity contribution in [2.45, 2.75) is 33.2 Å². The SMILES string of the molecule is CCCc1nc2ccccc2n1Cc1nc(C)cc(N)n1. The van der Waals surface area contributed by atoms with E-state index in [9.17, 15) is 0 Å². The van der Waals surface area contributed by atoms with Crippen molar-refractivity contribution in [3.63, 3.8) is 0 Å². The average molecular weight is 281 g/mol. The largest absolute Gasteiger partial charge is 0.384 e. The quantitative estimate of drug-likeness (QED) is 0.798. The first kappa shape index (κ1) is 13.5. The van der Waals surface area contributed by atoms with Crippen LogP contribution in [0.15, 0.2) is 30.3 Å². The second-order valence-corrected chi connectivity index (χ2v) is 5.20. The van der Waals surface area contributed by atoms with E-state index in [0.717, 1.165) is 41.2 Å². The molecule has 0 saturated carbocycles. The molecule has 3 rings (SSSR count). The number of hydrogen-bond donors (Lipinski definition) is 1. The third-order valence-corrected chi connectivity index (χ3v) is 3.43. The van der Waals surface area contributed by atoms with Gasteiger partial charge in [-0.2, -0.15) is 0 Å². The monoisotopic (exact) mass is 281 g/mol. The fourth-order valence-corrected chi connectivity index (χ4v) is 2.58. The van der Waals surface area contributed by atoms with E-state index in [4.69, 9.17) is 10.7 Å². The Labute approximate surface area is 123 Å². The van der Waals surface area contributed by atoms with E-state index in [1.165, 1.54) is 0 Å². The molecule has 0 aliphatic heterocycles. The van der Waals surface area contributed by atoms with Gasteiger partial charge in [-0.3, -0.25) is 0 Å². The Balaban J connectivity index is 2.07. The van der Waals surface area contributed by atoms with Crippen molar-refractivity contribution in [1.29, 1.82) is 0 Å². The first-order chi connectivity index (χ1) is 10.2. The smallest absolute Gasteiger partial charge is 0.150 e. The lowest BCUT2D eigenvalue weighted by Crippen LogP contribution is -2.10. The Morgan fingerprint density at radius 1 is 1.14 bits per heavy atom. The van der Waals surface area contributed by atoms with Crippen LogP contribution in [0.4, 0.5) is 5.82 Å². The van der Waals surface area contributed by atoms with Gasteiger partial charge in [-0.1, -0.05) is 19.1 Å². The van der Waals surface area contributed by atoms with Crippen LogP contribution in [0.5, 0.6) is 0 Å². The van der Waals surface area contributed by atoms with Gasteiger partial charge in [0.2, 0.25) is 0 Å². The Morgan fingerprint density at radius 3 is 2.71 bits per heavy atom. The molecular weight excluding hydrogens is 262 g/mol. The molecule has 0 saturated heterocycles. The van der Waals surface area contributed by atoms with Crippen molar-refractivity contribution in [2.24, 2.45) is 0 Å².